The molecule has 0 amide bonds. The molecule has 0 bridgehead atoms. The molecule has 1 aromatic heterocycles. The lowest BCUT2D eigenvalue weighted by molar-refractivity contribution is -0.148. The number of nitrogens with zero attached hydrogens (tertiary/aromatic N) is 1. The lowest BCUT2D eigenvalue weighted by Gasteiger charge is -2.15. The van der Waals surface area contributed by atoms with Crippen LogP contribution in [0.3, 0.4) is 0 Å². The normalized spacial score (nSPS) is 17.8. The number of halogens is 4. The van der Waals surface area contributed by atoms with Crippen molar-refractivity contribution in [1.82, 2.24) is 4.57 Å². The number of fused-ring (bicyclic) bond motifs is 1. The Morgan fingerprint density at radius 2 is 1.76 bits per heavy atom. The van der Waals surface area contributed by atoms with Crippen LogP contribution in [0.15, 0.2) is 82.5 Å². The molecule has 0 aliphatic heterocycles. The number of alkyl halides is 3. The molecule has 0 radical (unpaired) electrons. The highest BCUT2D eigenvalue weighted by Crippen LogP contribution is 2.57. The van der Waals surface area contributed by atoms with Crippen molar-refractivity contribution in [2.24, 2.45) is 5.92 Å². The van der Waals surface area contributed by atoms with E-state index in [0.717, 1.165) is 22.8 Å². The Morgan fingerprint density at radius 3 is 2.47 bits per heavy atom. The lowest BCUT2D eigenvalue weighted by atomic mass is 10.1. The first-order valence-electron chi connectivity index (χ1n) is 10.6. The second-order valence-corrected chi connectivity index (χ2v) is 9.40. The summed E-state index contributed by atoms with van der Waals surface area (Å²) in [6.45, 7) is 0. The maximum absolute atomic E-state index is 14.8. The van der Waals surface area contributed by atoms with Crippen LogP contribution < -0.4 is 5.56 Å². The first-order chi connectivity index (χ1) is 16.2. The predicted octanol–water partition coefficient (Wildman–Crippen LogP) is 6.79. The average Bonchev–Trinajstić information content (AvgIpc) is 3.61. The highest BCUT2D eigenvalue weighted by atomic mass is 32.2. The molecule has 8 heteroatoms. The van der Waals surface area contributed by atoms with Gasteiger partial charge in [0.1, 0.15) is 11.6 Å². The zero-order chi connectivity index (χ0) is 24.0. The standard InChI is InChI=1S/C26H19F4NO2S/c27-21-13-23(24(32)12-19(21)18-11-20(18)26(28,29)30)31-22-8-7-17(10-16(22)6-9-25(31)33)34-14-15-4-2-1-3-5-15/h1-10,12-13,18,20,32H,11,14H2/t18-,20+/m1/s1. The number of phenolic OH excluding ortho intramolecular Hbond substituents is 1. The molecule has 1 N–H and O–H groups in total. The number of pyridine rings is 1. The highest BCUT2D eigenvalue weighted by Gasteiger charge is 2.56. The third-order valence-electron chi connectivity index (χ3n) is 6.06. The lowest BCUT2D eigenvalue weighted by Crippen LogP contribution is -2.18. The van der Waals surface area contributed by atoms with Gasteiger partial charge < -0.3 is 5.11 Å². The van der Waals surface area contributed by atoms with Crippen LogP contribution in [0.1, 0.15) is 23.5 Å². The third-order valence-corrected chi connectivity index (χ3v) is 7.12. The zero-order valence-electron chi connectivity index (χ0n) is 17.7. The second-order valence-electron chi connectivity index (χ2n) is 8.35. The summed E-state index contributed by atoms with van der Waals surface area (Å²) in [7, 11) is 0. The molecule has 2 atom stereocenters. The number of hydrogen-bond donors (Lipinski definition) is 1. The molecule has 1 heterocycles. The number of aromatic nitrogens is 1. The number of hydrogen-bond acceptors (Lipinski definition) is 3. The van der Waals surface area contributed by atoms with Crippen LogP contribution in [-0.4, -0.2) is 15.8 Å². The van der Waals surface area contributed by atoms with Gasteiger partial charge in [-0.2, -0.15) is 13.2 Å². The average molecular weight is 486 g/mol. The van der Waals surface area contributed by atoms with Gasteiger partial charge in [-0.25, -0.2) is 4.39 Å². The number of rotatable bonds is 5. The fourth-order valence-corrected chi connectivity index (χ4v) is 5.13. The Hall–Kier alpha value is -3.26. The Balaban J connectivity index is 1.49. The van der Waals surface area contributed by atoms with E-state index in [0.29, 0.717) is 10.9 Å². The van der Waals surface area contributed by atoms with Gasteiger partial charge >= 0.3 is 6.18 Å². The molecular formula is C26H19F4NO2S. The summed E-state index contributed by atoms with van der Waals surface area (Å²) in [5, 5.41) is 11.3. The maximum atomic E-state index is 14.8. The summed E-state index contributed by atoms with van der Waals surface area (Å²) in [4.78, 5) is 13.7. The van der Waals surface area contributed by atoms with Gasteiger partial charge in [0.15, 0.2) is 0 Å². The van der Waals surface area contributed by atoms with E-state index in [4.69, 9.17) is 0 Å². The molecule has 3 nitrogen and oxygen atoms in total. The number of aromatic hydroxyl groups is 1. The summed E-state index contributed by atoms with van der Waals surface area (Å²) >= 11 is 1.63. The van der Waals surface area contributed by atoms with Crippen LogP contribution in [0.5, 0.6) is 5.75 Å². The van der Waals surface area contributed by atoms with E-state index >= 15 is 0 Å². The molecule has 34 heavy (non-hydrogen) atoms. The van der Waals surface area contributed by atoms with Crippen molar-refractivity contribution < 1.29 is 22.7 Å². The van der Waals surface area contributed by atoms with E-state index in [9.17, 15) is 27.5 Å². The van der Waals surface area contributed by atoms with Crippen molar-refractivity contribution in [3.8, 4) is 11.4 Å². The van der Waals surface area contributed by atoms with Crippen molar-refractivity contribution in [2.75, 3.05) is 0 Å². The van der Waals surface area contributed by atoms with E-state index < -0.39 is 35.1 Å². The van der Waals surface area contributed by atoms with Crippen LogP contribution in [0.4, 0.5) is 17.6 Å². The minimum absolute atomic E-state index is 0.106. The molecule has 1 fully saturated rings. The topological polar surface area (TPSA) is 42.2 Å². The fraction of sp³-hybridized carbons (Fsp3) is 0.192. The van der Waals surface area contributed by atoms with Gasteiger partial charge in [0.2, 0.25) is 0 Å². The number of thioether (sulfide) groups is 1. The summed E-state index contributed by atoms with van der Waals surface area (Å²) in [5.74, 6) is -3.18. The molecule has 0 unspecified atom stereocenters. The molecule has 3 aromatic carbocycles. The summed E-state index contributed by atoms with van der Waals surface area (Å²) in [6.07, 6.45) is -4.62. The van der Waals surface area contributed by atoms with Crippen LogP contribution >= 0.6 is 11.8 Å². The van der Waals surface area contributed by atoms with Gasteiger partial charge in [-0.05, 0) is 59.2 Å². The molecule has 5 rings (SSSR count). The van der Waals surface area contributed by atoms with Gasteiger partial charge in [0.25, 0.3) is 5.56 Å². The van der Waals surface area contributed by atoms with Gasteiger partial charge in [-0.1, -0.05) is 30.3 Å². The van der Waals surface area contributed by atoms with Crippen molar-refractivity contribution in [3.63, 3.8) is 0 Å². The molecule has 174 valence electrons. The Labute approximate surface area is 196 Å². The van der Waals surface area contributed by atoms with E-state index in [1.807, 2.05) is 42.5 Å². The molecule has 0 saturated heterocycles. The van der Waals surface area contributed by atoms with Crippen LogP contribution in [0.2, 0.25) is 0 Å². The first kappa shape index (κ1) is 22.5. The third kappa shape index (κ3) is 4.30. The van der Waals surface area contributed by atoms with E-state index in [1.54, 1.807) is 23.9 Å². The largest absolute Gasteiger partial charge is 0.506 e. The summed E-state index contributed by atoms with van der Waals surface area (Å²) in [6, 6.07) is 20.3. The Kier molecular flexibility index (Phi) is 5.64. The van der Waals surface area contributed by atoms with Crippen molar-refractivity contribution >= 4 is 22.7 Å². The van der Waals surface area contributed by atoms with Gasteiger partial charge in [-0.15, -0.1) is 11.8 Å². The molecule has 4 aromatic rings. The SMILES string of the molecule is O=c1ccc2cc(SCc3ccccc3)ccc2n1-c1cc(F)c([C@H]2C[C@@H]2C(F)(F)F)cc1O. The van der Waals surface area contributed by atoms with Crippen LogP contribution in [0, 0.1) is 11.7 Å². The van der Waals surface area contributed by atoms with Crippen molar-refractivity contribution in [3.05, 3.63) is 100 Å². The molecule has 1 saturated carbocycles. The summed E-state index contributed by atoms with van der Waals surface area (Å²) < 4.78 is 54.8. The van der Waals surface area contributed by atoms with E-state index in [-0.39, 0.29) is 17.7 Å². The van der Waals surface area contributed by atoms with E-state index in [1.165, 1.54) is 16.2 Å². The maximum Gasteiger partial charge on any atom is 0.392 e. The minimum Gasteiger partial charge on any atom is -0.506 e. The smallest absolute Gasteiger partial charge is 0.392 e. The van der Waals surface area contributed by atoms with E-state index in [2.05, 4.69) is 0 Å². The molecular weight excluding hydrogens is 466 g/mol. The monoisotopic (exact) mass is 485 g/mol. The van der Waals surface area contributed by atoms with Gasteiger partial charge in [-0.3, -0.25) is 9.36 Å². The molecule has 1 aliphatic carbocycles. The Bertz CT molecular complexity index is 1430. The van der Waals surface area contributed by atoms with Gasteiger partial charge in [0, 0.05) is 22.8 Å². The number of phenols is 1. The Morgan fingerprint density at radius 1 is 1.00 bits per heavy atom. The van der Waals surface area contributed by atoms with Gasteiger partial charge in [0.05, 0.1) is 17.1 Å². The first-order valence-corrected chi connectivity index (χ1v) is 11.6. The molecule has 1 aliphatic rings. The van der Waals surface area contributed by atoms with Crippen LogP contribution in [-0.2, 0) is 5.75 Å². The fourth-order valence-electron chi connectivity index (χ4n) is 4.23. The molecule has 0 spiro atoms. The predicted molar refractivity (Wildman–Crippen MR) is 124 cm³/mol. The highest BCUT2D eigenvalue weighted by molar-refractivity contribution is 7.98. The zero-order valence-corrected chi connectivity index (χ0v) is 18.5. The van der Waals surface area contributed by atoms with Crippen molar-refractivity contribution in [1.29, 1.82) is 0 Å². The van der Waals surface area contributed by atoms with Crippen molar-refractivity contribution in [2.45, 2.75) is 29.2 Å². The number of benzene rings is 3. The second kappa shape index (κ2) is 8.51. The quantitative estimate of drug-likeness (QED) is 0.250. The van der Waals surface area contributed by atoms with Crippen LogP contribution in [0.25, 0.3) is 16.6 Å². The minimum atomic E-state index is -4.41. The summed E-state index contributed by atoms with van der Waals surface area (Å²) in [5.41, 5.74) is 0.849.